The predicted molar refractivity (Wildman–Crippen MR) is 43.8 cm³/mol. The van der Waals surface area contributed by atoms with Gasteiger partial charge in [0, 0.05) is 6.42 Å². The van der Waals surface area contributed by atoms with E-state index in [-0.39, 0.29) is 0 Å². The first-order valence-corrected chi connectivity index (χ1v) is 4.03. The molecule has 1 rings (SSSR count). The first kappa shape index (κ1) is 8.18. The molecule has 1 aliphatic heterocycles. The highest BCUT2D eigenvalue weighted by molar-refractivity contribution is 5.17. The van der Waals surface area contributed by atoms with E-state index in [2.05, 4.69) is 19.9 Å². The molecule has 0 atom stereocenters. The lowest BCUT2D eigenvalue weighted by atomic mass is 10.3. The van der Waals surface area contributed by atoms with Crippen molar-refractivity contribution in [2.45, 2.75) is 26.7 Å². The molecule has 0 aromatic rings. The van der Waals surface area contributed by atoms with E-state index in [0.717, 1.165) is 24.4 Å². The highest BCUT2D eigenvalue weighted by Gasteiger charge is 2.11. The maximum Gasteiger partial charge on any atom is 0.230 e. The Morgan fingerprint density at radius 2 is 2.18 bits per heavy atom. The largest absolute Gasteiger partial charge is 0.458 e. The summed E-state index contributed by atoms with van der Waals surface area (Å²) in [7, 11) is 0. The number of ether oxygens (including phenoxy) is 2. The maximum atomic E-state index is 5.23. The van der Waals surface area contributed by atoms with Crippen LogP contribution < -0.4 is 0 Å². The van der Waals surface area contributed by atoms with Gasteiger partial charge in [0.1, 0.15) is 5.76 Å². The summed E-state index contributed by atoms with van der Waals surface area (Å²) in [6, 6.07) is 0. The van der Waals surface area contributed by atoms with Gasteiger partial charge < -0.3 is 9.47 Å². The first-order chi connectivity index (χ1) is 5.38. The SMILES string of the molecule is CC/C=C\C1=C(CC)OCO1. The summed E-state index contributed by atoms with van der Waals surface area (Å²) in [5, 5.41) is 0. The molecule has 0 N–H and O–H groups in total. The third-order valence-corrected chi connectivity index (χ3v) is 1.55. The Balaban J connectivity index is 2.59. The fraction of sp³-hybridized carbons (Fsp3) is 0.556. The van der Waals surface area contributed by atoms with Crippen LogP contribution in [0.5, 0.6) is 0 Å². The van der Waals surface area contributed by atoms with Crippen molar-refractivity contribution in [2.75, 3.05) is 6.79 Å². The summed E-state index contributed by atoms with van der Waals surface area (Å²) in [4.78, 5) is 0. The van der Waals surface area contributed by atoms with Gasteiger partial charge in [-0.2, -0.15) is 0 Å². The minimum atomic E-state index is 0.382. The Kier molecular flexibility index (Phi) is 3.02. The molecule has 11 heavy (non-hydrogen) atoms. The fourth-order valence-electron chi connectivity index (χ4n) is 0.958. The van der Waals surface area contributed by atoms with Gasteiger partial charge in [0.2, 0.25) is 6.79 Å². The summed E-state index contributed by atoms with van der Waals surface area (Å²) in [5.41, 5.74) is 0. The molecule has 0 saturated heterocycles. The van der Waals surface area contributed by atoms with Crippen LogP contribution in [0, 0.1) is 0 Å². The van der Waals surface area contributed by atoms with E-state index in [0.29, 0.717) is 6.79 Å². The van der Waals surface area contributed by atoms with Gasteiger partial charge in [-0.15, -0.1) is 0 Å². The van der Waals surface area contributed by atoms with Crippen molar-refractivity contribution in [3.8, 4) is 0 Å². The third kappa shape index (κ3) is 2.00. The molecule has 0 aromatic carbocycles. The van der Waals surface area contributed by atoms with Crippen LogP contribution in [0.4, 0.5) is 0 Å². The van der Waals surface area contributed by atoms with Crippen LogP contribution >= 0.6 is 0 Å². The van der Waals surface area contributed by atoms with Gasteiger partial charge in [0.15, 0.2) is 5.76 Å². The quantitative estimate of drug-likeness (QED) is 0.622. The second kappa shape index (κ2) is 4.06. The molecule has 1 aliphatic rings. The van der Waals surface area contributed by atoms with Crippen molar-refractivity contribution < 1.29 is 9.47 Å². The molecule has 0 spiro atoms. The topological polar surface area (TPSA) is 18.5 Å². The molecule has 0 saturated carbocycles. The number of hydrogen-bond acceptors (Lipinski definition) is 2. The van der Waals surface area contributed by atoms with Gasteiger partial charge in [-0.1, -0.05) is 19.9 Å². The van der Waals surface area contributed by atoms with Crippen molar-refractivity contribution in [3.05, 3.63) is 23.7 Å². The molecular weight excluding hydrogens is 140 g/mol. The van der Waals surface area contributed by atoms with Gasteiger partial charge >= 0.3 is 0 Å². The minimum absolute atomic E-state index is 0.382. The lowest BCUT2D eigenvalue weighted by molar-refractivity contribution is 0.0725. The van der Waals surface area contributed by atoms with E-state index in [1.54, 1.807) is 0 Å². The fourth-order valence-corrected chi connectivity index (χ4v) is 0.958. The average Bonchev–Trinajstić information content (AvgIpc) is 2.47. The smallest absolute Gasteiger partial charge is 0.230 e. The van der Waals surface area contributed by atoms with Gasteiger partial charge in [-0.3, -0.25) is 0 Å². The maximum absolute atomic E-state index is 5.23. The summed E-state index contributed by atoms with van der Waals surface area (Å²) in [5.74, 6) is 1.86. The third-order valence-electron chi connectivity index (χ3n) is 1.55. The van der Waals surface area contributed by atoms with E-state index in [1.165, 1.54) is 0 Å². The second-order valence-electron chi connectivity index (χ2n) is 2.36. The van der Waals surface area contributed by atoms with E-state index in [4.69, 9.17) is 9.47 Å². The van der Waals surface area contributed by atoms with Gasteiger partial charge in [0.25, 0.3) is 0 Å². The van der Waals surface area contributed by atoms with Crippen molar-refractivity contribution in [3.63, 3.8) is 0 Å². The molecular formula is C9H14O2. The van der Waals surface area contributed by atoms with Crippen LogP contribution in [-0.2, 0) is 9.47 Å². The van der Waals surface area contributed by atoms with Crippen LogP contribution in [0.1, 0.15) is 26.7 Å². The normalized spacial score (nSPS) is 17.3. The standard InChI is InChI=1S/C9H14O2/c1-3-5-6-9-8(4-2)10-7-11-9/h5-6H,3-4,7H2,1-2H3/b6-5-. The van der Waals surface area contributed by atoms with E-state index >= 15 is 0 Å². The zero-order chi connectivity index (χ0) is 8.10. The average molecular weight is 154 g/mol. The lowest BCUT2D eigenvalue weighted by Crippen LogP contribution is -1.81. The zero-order valence-electron chi connectivity index (χ0n) is 7.09. The van der Waals surface area contributed by atoms with E-state index in [1.807, 2.05) is 6.08 Å². The van der Waals surface area contributed by atoms with E-state index < -0.39 is 0 Å². The summed E-state index contributed by atoms with van der Waals surface area (Å²) in [6.45, 7) is 4.54. The number of rotatable bonds is 3. The van der Waals surface area contributed by atoms with Crippen LogP contribution in [0.3, 0.4) is 0 Å². The summed E-state index contributed by atoms with van der Waals surface area (Å²) < 4.78 is 10.4. The Morgan fingerprint density at radius 1 is 1.36 bits per heavy atom. The van der Waals surface area contributed by atoms with E-state index in [9.17, 15) is 0 Å². The van der Waals surface area contributed by atoms with Gasteiger partial charge in [-0.05, 0) is 12.5 Å². The Bertz CT molecular complexity index is 180. The van der Waals surface area contributed by atoms with Crippen molar-refractivity contribution in [1.82, 2.24) is 0 Å². The molecule has 0 bridgehead atoms. The molecule has 0 unspecified atom stereocenters. The molecule has 0 aromatic heterocycles. The molecule has 0 fully saturated rings. The van der Waals surface area contributed by atoms with Crippen molar-refractivity contribution in [1.29, 1.82) is 0 Å². The molecule has 2 nitrogen and oxygen atoms in total. The molecule has 2 heteroatoms. The molecule has 62 valence electrons. The second-order valence-corrected chi connectivity index (χ2v) is 2.36. The predicted octanol–water partition coefficient (Wildman–Crippen LogP) is 2.58. The zero-order valence-corrected chi connectivity index (χ0v) is 7.09. The van der Waals surface area contributed by atoms with Gasteiger partial charge in [0.05, 0.1) is 0 Å². The van der Waals surface area contributed by atoms with Crippen LogP contribution in [0.25, 0.3) is 0 Å². The highest BCUT2D eigenvalue weighted by Crippen LogP contribution is 2.19. The number of hydrogen-bond donors (Lipinski definition) is 0. The Morgan fingerprint density at radius 3 is 2.82 bits per heavy atom. The van der Waals surface area contributed by atoms with Crippen LogP contribution in [0.15, 0.2) is 23.7 Å². The molecule has 0 radical (unpaired) electrons. The number of allylic oxidation sites excluding steroid dienone is 3. The van der Waals surface area contributed by atoms with Crippen molar-refractivity contribution in [2.24, 2.45) is 0 Å². The first-order valence-electron chi connectivity index (χ1n) is 4.03. The molecule has 0 aliphatic carbocycles. The Labute approximate surface area is 67.5 Å². The Hall–Kier alpha value is -0.920. The highest BCUT2D eigenvalue weighted by atomic mass is 16.7. The molecule has 0 amide bonds. The van der Waals surface area contributed by atoms with Crippen LogP contribution in [0.2, 0.25) is 0 Å². The van der Waals surface area contributed by atoms with Crippen LogP contribution in [-0.4, -0.2) is 6.79 Å². The summed E-state index contributed by atoms with van der Waals surface area (Å²) in [6.07, 6.45) is 5.98. The monoisotopic (exact) mass is 154 g/mol. The lowest BCUT2D eigenvalue weighted by Gasteiger charge is -1.93. The minimum Gasteiger partial charge on any atom is -0.458 e. The van der Waals surface area contributed by atoms with Crippen molar-refractivity contribution >= 4 is 0 Å². The molecule has 1 heterocycles. The van der Waals surface area contributed by atoms with Gasteiger partial charge in [-0.25, -0.2) is 0 Å². The summed E-state index contributed by atoms with van der Waals surface area (Å²) >= 11 is 0.